The lowest BCUT2D eigenvalue weighted by atomic mass is 9.95. The van der Waals surface area contributed by atoms with Crippen LogP contribution in [0.3, 0.4) is 0 Å². The second-order valence-corrected chi connectivity index (χ2v) is 8.74. The summed E-state index contributed by atoms with van der Waals surface area (Å²) in [6.45, 7) is 3.46. The number of carbonyl (C=O) groups excluding carboxylic acids is 3. The Morgan fingerprint density at radius 2 is 1.89 bits per heavy atom. The number of aliphatic hydroxyl groups excluding tert-OH is 1. The Hall–Kier alpha value is -4.17. The van der Waals surface area contributed by atoms with Crippen molar-refractivity contribution in [3.8, 4) is 5.75 Å². The van der Waals surface area contributed by atoms with Gasteiger partial charge in [0.05, 0.1) is 36.0 Å². The maximum Gasteiger partial charge on any atom is 0.338 e. The number of aromatic nitrogens is 1. The van der Waals surface area contributed by atoms with E-state index < -0.39 is 29.5 Å². The molecular weight excluding hydrogens is 484 g/mol. The lowest BCUT2D eigenvalue weighted by Gasteiger charge is -2.25. The van der Waals surface area contributed by atoms with Gasteiger partial charge in [0.25, 0.3) is 11.7 Å². The minimum atomic E-state index is -1.03. The van der Waals surface area contributed by atoms with Gasteiger partial charge in [-0.05, 0) is 61.9 Å². The van der Waals surface area contributed by atoms with E-state index in [2.05, 4.69) is 4.98 Å². The predicted molar refractivity (Wildman–Crippen MR) is 134 cm³/mol. The predicted octanol–water partition coefficient (Wildman–Crippen LogP) is 4.94. The van der Waals surface area contributed by atoms with Crippen molar-refractivity contribution in [2.45, 2.75) is 26.0 Å². The van der Waals surface area contributed by atoms with Crippen LogP contribution in [-0.4, -0.2) is 41.0 Å². The molecule has 1 atom stereocenters. The highest BCUT2D eigenvalue weighted by atomic mass is 35.5. The van der Waals surface area contributed by atoms with E-state index in [1.54, 1.807) is 62.5 Å². The molecule has 4 rings (SSSR count). The number of halogens is 1. The van der Waals surface area contributed by atoms with Gasteiger partial charge < -0.3 is 14.6 Å². The molecule has 184 valence electrons. The van der Waals surface area contributed by atoms with Crippen molar-refractivity contribution in [1.29, 1.82) is 0 Å². The Kier molecular flexibility index (Phi) is 7.07. The van der Waals surface area contributed by atoms with Crippen molar-refractivity contribution in [2.75, 3.05) is 12.0 Å². The summed E-state index contributed by atoms with van der Waals surface area (Å²) in [5, 5.41) is 11.6. The Morgan fingerprint density at radius 3 is 2.56 bits per heavy atom. The molecule has 1 aliphatic heterocycles. The summed E-state index contributed by atoms with van der Waals surface area (Å²) in [6, 6.07) is 13.1. The van der Waals surface area contributed by atoms with Crippen LogP contribution in [0.1, 0.15) is 41.4 Å². The minimum Gasteiger partial charge on any atom is -0.507 e. The molecular formula is C27H23ClN2O6. The molecule has 1 amide bonds. The van der Waals surface area contributed by atoms with E-state index in [9.17, 15) is 19.5 Å². The van der Waals surface area contributed by atoms with Crippen LogP contribution in [0.5, 0.6) is 5.75 Å². The maximum absolute atomic E-state index is 13.4. The Morgan fingerprint density at radius 1 is 1.11 bits per heavy atom. The summed E-state index contributed by atoms with van der Waals surface area (Å²) in [7, 11) is 1.42. The Bertz CT molecular complexity index is 1370. The number of esters is 1. The van der Waals surface area contributed by atoms with Gasteiger partial charge >= 0.3 is 5.97 Å². The monoisotopic (exact) mass is 506 g/mol. The molecule has 0 aliphatic carbocycles. The third kappa shape index (κ3) is 4.67. The highest BCUT2D eigenvalue weighted by Crippen LogP contribution is 2.43. The van der Waals surface area contributed by atoms with Crippen LogP contribution in [-0.2, 0) is 14.3 Å². The van der Waals surface area contributed by atoms with E-state index in [4.69, 9.17) is 21.1 Å². The quantitative estimate of drug-likeness (QED) is 0.218. The number of hydrogen-bond acceptors (Lipinski definition) is 7. The summed E-state index contributed by atoms with van der Waals surface area (Å²) >= 11 is 6.15. The first-order valence-electron chi connectivity index (χ1n) is 11.1. The number of Topliss-reactive ketones (excluding diaryl/α,β-unsaturated/α-hetero) is 1. The average Bonchev–Trinajstić information content (AvgIpc) is 3.14. The number of rotatable bonds is 6. The Balaban J connectivity index is 1.92. The fourth-order valence-corrected chi connectivity index (χ4v) is 4.20. The van der Waals surface area contributed by atoms with Crippen LogP contribution in [0.15, 0.2) is 72.6 Å². The number of anilines is 1. The van der Waals surface area contributed by atoms with Crippen LogP contribution in [0.4, 0.5) is 5.69 Å². The summed E-state index contributed by atoms with van der Waals surface area (Å²) < 4.78 is 10.6. The zero-order valence-corrected chi connectivity index (χ0v) is 20.5. The molecule has 9 heteroatoms. The number of carbonyl (C=O) groups is 3. The third-order valence-corrected chi connectivity index (χ3v) is 5.80. The molecule has 2 aromatic carbocycles. The largest absolute Gasteiger partial charge is 0.507 e. The number of amides is 1. The van der Waals surface area contributed by atoms with Gasteiger partial charge in [-0.15, -0.1) is 0 Å². The Labute approximate surface area is 212 Å². The SMILES string of the molecule is COc1ccc(Cl)cc1/C(O)=C1\C(=O)C(=O)N(c2cccc(C(=O)OC(C)C)c2)C1c1cccnc1. The molecule has 1 fully saturated rings. The van der Waals surface area contributed by atoms with Crippen molar-refractivity contribution in [1.82, 2.24) is 4.98 Å². The average molecular weight is 507 g/mol. The molecule has 3 aromatic rings. The number of ether oxygens (including phenoxy) is 2. The number of hydrogen-bond donors (Lipinski definition) is 1. The van der Waals surface area contributed by atoms with Gasteiger partial charge in [0.2, 0.25) is 0 Å². The molecule has 36 heavy (non-hydrogen) atoms. The number of ketones is 1. The molecule has 8 nitrogen and oxygen atoms in total. The van der Waals surface area contributed by atoms with E-state index in [-0.39, 0.29) is 34.2 Å². The molecule has 0 radical (unpaired) electrons. The molecule has 1 N–H and O–H groups in total. The lowest BCUT2D eigenvalue weighted by molar-refractivity contribution is -0.132. The fourth-order valence-electron chi connectivity index (χ4n) is 4.03. The first-order valence-corrected chi connectivity index (χ1v) is 11.5. The van der Waals surface area contributed by atoms with Gasteiger partial charge in [0, 0.05) is 23.1 Å². The highest BCUT2D eigenvalue weighted by Gasteiger charge is 2.47. The fraction of sp³-hybridized carbons (Fsp3) is 0.185. The van der Waals surface area contributed by atoms with Crippen molar-refractivity contribution in [3.63, 3.8) is 0 Å². The number of benzene rings is 2. The molecule has 1 aromatic heterocycles. The van der Waals surface area contributed by atoms with Crippen molar-refractivity contribution < 1.29 is 29.0 Å². The topological polar surface area (TPSA) is 106 Å². The summed E-state index contributed by atoms with van der Waals surface area (Å²) in [6.07, 6.45) is 2.72. The zero-order chi connectivity index (χ0) is 26.0. The summed E-state index contributed by atoms with van der Waals surface area (Å²) in [5.41, 5.74) is 0.968. The van der Waals surface area contributed by atoms with E-state index >= 15 is 0 Å². The van der Waals surface area contributed by atoms with Crippen LogP contribution in [0.2, 0.25) is 5.02 Å². The number of pyridine rings is 1. The molecule has 1 aliphatic rings. The number of methoxy groups -OCH3 is 1. The normalized spacial score (nSPS) is 16.9. The minimum absolute atomic E-state index is 0.158. The molecule has 1 unspecified atom stereocenters. The standard InChI is InChI=1S/C27H23ClN2O6/c1-15(2)36-27(34)16-6-4-8-19(12-16)30-23(17-7-5-11-29-14-17)22(25(32)26(30)33)24(31)20-13-18(28)9-10-21(20)35-3/h4-15,23,31H,1-3H3/b24-22+. The van der Waals surface area contributed by atoms with E-state index in [0.717, 1.165) is 0 Å². The van der Waals surface area contributed by atoms with Gasteiger partial charge in [-0.2, -0.15) is 0 Å². The lowest BCUT2D eigenvalue weighted by Crippen LogP contribution is -2.29. The molecule has 0 saturated carbocycles. The third-order valence-electron chi connectivity index (χ3n) is 5.56. The molecule has 0 bridgehead atoms. The van der Waals surface area contributed by atoms with Gasteiger partial charge in [-0.3, -0.25) is 19.5 Å². The van der Waals surface area contributed by atoms with E-state index in [1.807, 2.05) is 0 Å². The highest BCUT2D eigenvalue weighted by molar-refractivity contribution is 6.51. The second-order valence-electron chi connectivity index (χ2n) is 8.30. The first-order chi connectivity index (χ1) is 17.2. The summed E-state index contributed by atoms with van der Waals surface area (Å²) in [4.78, 5) is 44.6. The molecule has 2 heterocycles. The van der Waals surface area contributed by atoms with Crippen LogP contribution < -0.4 is 9.64 Å². The van der Waals surface area contributed by atoms with Crippen molar-refractivity contribution >= 4 is 40.7 Å². The number of nitrogens with zero attached hydrogens (tertiary/aromatic N) is 2. The van der Waals surface area contributed by atoms with E-state index in [1.165, 1.54) is 30.3 Å². The van der Waals surface area contributed by atoms with Crippen LogP contribution >= 0.6 is 11.6 Å². The van der Waals surface area contributed by atoms with Gasteiger partial charge in [0.1, 0.15) is 11.5 Å². The van der Waals surface area contributed by atoms with Crippen LogP contribution in [0.25, 0.3) is 5.76 Å². The maximum atomic E-state index is 13.4. The number of aliphatic hydroxyl groups is 1. The van der Waals surface area contributed by atoms with Crippen LogP contribution in [0, 0.1) is 0 Å². The molecule has 1 saturated heterocycles. The second kappa shape index (κ2) is 10.2. The first kappa shape index (κ1) is 24.9. The van der Waals surface area contributed by atoms with Crippen molar-refractivity contribution in [3.05, 3.63) is 94.3 Å². The zero-order valence-electron chi connectivity index (χ0n) is 19.8. The van der Waals surface area contributed by atoms with Gasteiger partial charge in [0.15, 0.2) is 0 Å². The van der Waals surface area contributed by atoms with Gasteiger partial charge in [-0.25, -0.2) is 4.79 Å². The summed E-state index contributed by atoms with van der Waals surface area (Å²) in [5.74, 6) is -2.52. The smallest absolute Gasteiger partial charge is 0.338 e. The molecule has 0 spiro atoms. The van der Waals surface area contributed by atoms with Gasteiger partial charge in [-0.1, -0.05) is 23.7 Å². The van der Waals surface area contributed by atoms with E-state index in [0.29, 0.717) is 10.6 Å². The van der Waals surface area contributed by atoms with Crippen molar-refractivity contribution in [2.24, 2.45) is 0 Å².